The number of aliphatic carboxylic acids is 1. The van der Waals surface area contributed by atoms with E-state index in [1.54, 1.807) is 12.5 Å². The van der Waals surface area contributed by atoms with Gasteiger partial charge in [0.05, 0.1) is 18.2 Å². The molecule has 108 valence electrons. The van der Waals surface area contributed by atoms with Gasteiger partial charge in [0.15, 0.2) is 0 Å². The lowest BCUT2D eigenvalue weighted by atomic mass is 9.82. The maximum atomic E-state index is 12.2. The molecule has 0 saturated carbocycles. The number of rotatable bonds is 5. The summed E-state index contributed by atoms with van der Waals surface area (Å²) in [6.07, 6.45) is 9.81. The molecule has 0 spiro atoms. The molecule has 0 aliphatic heterocycles. The van der Waals surface area contributed by atoms with Gasteiger partial charge in [-0.3, -0.25) is 9.59 Å². The maximum absolute atomic E-state index is 12.2. The minimum atomic E-state index is -0.906. The highest BCUT2D eigenvalue weighted by atomic mass is 16.4. The molecule has 20 heavy (non-hydrogen) atoms. The first-order valence-electron chi connectivity index (χ1n) is 6.72. The zero-order valence-corrected chi connectivity index (χ0v) is 11.4. The van der Waals surface area contributed by atoms with Crippen LogP contribution < -0.4 is 5.32 Å². The first kappa shape index (κ1) is 14.3. The Morgan fingerprint density at radius 3 is 2.70 bits per heavy atom. The molecular weight excluding hydrogens is 258 g/mol. The van der Waals surface area contributed by atoms with E-state index in [2.05, 4.69) is 10.3 Å². The molecule has 1 aliphatic rings. The second kappa shape index (κ2) is 6.36. The van der Waals surface area contributed by atoms with E-state index in [-0.39, 0.29) is 11.9 Å². The fourth-order valence-electron chi connectivity index (χ4n) is 2.48. The maximum Gasteiger partial charge on any atom is 0.307 e. The van der Waals surface area contributed by atoms with Gasteiger partial charge in [0, 0.05) is 25.0 Å². The van der Waals surface area contributed by atoms with Gasteiger partial charge in [0.25, 0.3) is 0 Å². The summed E-state index contributed by atoms with van der Waals surface area (Å²) in [6.45, 7) is 2.51. The molecule has 6 nitrogen and oxygen atoms in total. The van der Waals surface area contributed by atoms with Crippen molar-refractivity contribution in [2.24, 2.45) is 11.8 Å². The standard InChI is InChI=1S/C14H19N3O3/c1-10(8-17-7-6-15-9-17)16-13(18)11-4-2-3-5-12(11)14(19)20/h2-3,6-7,9-12H,4-5,8H2,1H3,(H,16,18)(H,19,20)/t10?,11-,12+/m1/s1. The average Bonchev–Trinajstić information content (AvgIpc) is 2.91. The number of aromatic nitrogens is 2. The predicted octanol–water partition coefficient (Wildman–Crippen LogP) is 1.05. The molecule has 1 aromatic rings. The topological polar surface area (TPSA) is 84.2 Å². The number of nitrogens with zero attached hydrogens (tertiary/aromatic N) is 2. The lowest BCUT2D eigenvalue weighted by molar-refractivity contribution is -0.147. The van der Waals surface area contributed by atoms with E-state index in [9.17, 15) is 14.7 Å². The number of carboxylic acid groups (broad SMARTS) is 1. The van der Waals surface area contributed by atoms with Gasteiger partial charge in [-0.1, -0.05) is 12.2 Å². The fourth-order valence-corrected chi connectivity index (χ4v) is 2.48. The Balaban J connectivity index is 1.93. The van der Waals surface area contributed by atoms with Crippen molar-refractivity contribution in [2.45, 2.75) is 32.4 Å². The van der Waals surface area contributed by atoms with E-state index < -0.39 is 17.8 Å². The number of nitrogens with one attached hydrogen (secondary N) is 1. The molecular formula is C14H19N3O3. The summed E-state index contributed by atoms with van der Waals surface area (Å²) in [5.41, 5.74) is 0. The predicted molar refractivity (Wildman–Crippen MR) is 72.8 cm³/mol. The molecule has 0 aromatic carbocycles. The van der Waals surface area contributed by atoms with Crippen LogP contribution >= 0.6 is 0 Å². The third kappa shape index (κ3) is 3.46. The number of hydrogen-bond acceptors (Lipinski definition) is 3. The summed E-state index contributed by atoms with van der Waals surface area (Å²) >= 11 is 0. The number of amides is 1. The second-order valence-corrected chi connectivity index (χ2v) is 5.16. The highest BCUT2D eigenvalue weighted by molar-refractivity contribution is 5.85. The SMILES string of the molecule is CC(Cn1ccnc1)NC(=O)[C@@H]1CC=CC[C@@H]1C(=O)O. The summed E-state index contributed by atoms with van der Waals surface area (Å²) in [5.74, 6) is -2.20. The van der Waals surface area contributed by atoms with E-state index >= 15 is 0 Å². The lowest BCUT2D eigenvalue weighted by Crippen LogP contribution is -2.43. The van der Waals surface area contributed by atoms with Gasteiger partial charge in [-0.2, -0.15) is 0 Å². The molecule has 2 N–H and O–H groups in total. The van der Waals surface area contributed by atoms with Gasteiger partial charge in [0.2, 0.25) is 5.91 Å². The molecule has 2 rings (SSSR count). The normalized spacial score (nSPS) is 23.2. The van der Waals surface area contributed by atoms with Crippen LogP contribution in [0.25, 0.3) is 0 Å². The molecule has 1 aliphatic carbocycles. The number of carbonyl (C=O) groups excluding carboxylic acids is 1. The molecule has 0 bridgehead atoms. The van der Waals surface area contributed by atoms with Crippen LogP contribution in [-0.4, -0.2) is 32.6 Å². The van der Waals surface area contributed by atoms with Crippen molar-refractivity contribution in [1.29, 1.82) is 0 Å². The van der Waals surface area contributed by atoms with Gasteiger partial charge in [-0.15, -0.1) is 0 Å². The number of hydrogen-bond donors (Lipinski definition) is 2. The van der Waals surface area contributed by atoms with E-state index in [1.807, 2.05) is 29.8 Å². The van der Waals surface area contributed by atoms with Crippen LogP contribution in [0, 0.1) is 11.8 Å². The van der Waals surface area contributed by atoms with Crippen molar-refractivity contribution in [3.8, 4) is 0 Å². The van der Waals surface area contributed by atoms with E-state index in [1.165, 1.54) is 0 Å². The molecule has 1 heterocycles. The molecule has 0 fully saturated rings. The van der Waals surface area contributed by atoms with Gasteiger partial charge in [0.1, 0.15) is 0 Å². The molecule has 1 unspecified atom stereocenters. The largest absolute Gasteiger partial charge is 0.481 e. The van der Waals surface area contributed by atoms with Gasteiger partial charge >= 0.3 is 5.97 Å². The molecule has 0 saturated heterocycles. The van der Waals surface area contributed by atoms with Gasteiger partial charge < -0.3 is 15.0 Å². The van der Waals surface area contributed by atoms with Crippen molar-refractivity contribution in [3.05, 3.63) is 30.9 Å². The Morgan fingerprint density at radius 1 is 1.40 bits per heavy atom. The number of carbonyl (C=O) groups is 2. The van der Waals surface area contributed by atoms with Crippen LogP contribution in [0.1, 0.15) is 19.8 Å². The number of imidazole rings is 1. The first-order valence-corrected chi connectivity index (χ1v) is 6.72. The third-order valence-electron chi connectivity index (χ3n) is 3.52. The molecule has 3 atom stereocenters. The van der Waals surface area contributed by atoms with E-state index in [0.717, 1.165) is 0 Å². The Labute approximate surface area is 117 Å². The second-order valence-electron chi connectivity index (χ2n) is 5.16. The van der Waals surface area contributed by atoms with Crippen LogP contribution in [0.4, 0.5) is 0 Å². The van der Waals surface area contributed by atoms with Gasteiger partial charge in [-0.05, 0) is 19.8 Å². The minimum Gasteiger partial charge on any atom is -0.481 e. The van der Waals surface area contributed by atoms with Crippen LogP contribution in [0.3, 0.4) is 0 Å². The van der Waals surface area contributed by atoms with Crippen LogP contribution in [0.15, 0.2) is 30.9 Å². The van der Waals surface area contributed by atoms with Crippen LogP contribution in [0.2, 0.25) is 0 Å². The van der Waals surface area contributed by atoms with E-state index in [4.69, 9.17) is 0 Å². The minimum absolute atomic E-state index is 0.0722. The highest BCUT2D eigenvalue weighted by Crippen LogP contribution is 2.26. The van der Waals surface area contributed by atoms with Crippen molar-refractivity contribution >= 4 is 11.9 Å². The highest BCUT2D eigenvalue weighted by Gasteiger charge is 2.34. The molecule has 1 aromatic heterocycles. The summed E-state index contributed by atoms with van der Waals surface area (Å²) in [6, 6.07) is -0.0722. The fraction of sp³-hybridized carbons (Fsp3) is 0.500. The van der Waals surface area contributed by atoms with Crippen LogP contribution in [-0.2, 0) is 16.1 Å². The first-order chi connectivity index (χ1) is 9.58. The Kier molecular flexibility index (Phi) is 4.55. The average molecular weight is 277 g/mol. The molecule has 6 heteroatoms. The molecule has 0 radical (unpaired) electrons. The Hall–Kier alpha value is -2.11. The van der Waals surface area contributed by atoms with Gasteiger partial charge in [-0.25, -0.2) is 4.98 Å². The summed E-state index contributed by atoms with van der Waals surface area (Å²) in [5, 5.41) is 12.1. The summed E-state index contributed by atoms with van der Waals surface area (Å²) < 4.78 is 1.88. The van der Waals surface area contributed by atoms with Crippen molar-refractivity contribution in [2.75, 3.05) is 0 Å². The summed E-state index contributed by atoms with van der Waals surface area (Å²) in [7, 11) is 0. The Morgan fingerprint density at radius 2 is 2.10 bits per heavy atom. The zero-order valence-electron chi connectivity index (χ0n) is 11.4. The zero-order chi connectivity index (χ0) is 14.5. The van der Waals surface area contributed by atoms with Crippen LogP contribution in [0.5, 0.6) is 0 Å². The third-order valence-corrected chi connectivity index (χ3v) is 3.52. The quantitative estimate of drug-likeness (QED) is 0.788. The monoisotopic (exact) mass is 277 g/mol. The smallest absolute Gasteiger partial charge is 0.307 e. The number of allylic oxidation sites excluding steroid dienone is 2. The Bertz CT molecular complexity index is 496. The summed E-state index contributed by atoms with van der Waals surface area (Å²) in [4.78, 5) is 27.3. The molecule has 1 amide bonds. The lowest BCUT2D eigenvalue weighted by Gasteiger charge is -2.26. The van der Waals surface area contributed by atoms with Crippen molar-refractivity contribution in [1.82, 2.24) is 14.9 Å². The van der Waals surface area contributed by atoms with E-state index in [0.29, 0.717) is 19.4 Å². The van der Waals surface area contributed by atoms with Crippen molar-refractivity contribution in [3.63, 3.8) is 0 Å². The number of carboxylic acids is 1. The van der Waals surface area contributed by atoms with Crippen molar-refractivity contribution < 1.29 is 14.7 Å².